The number of nitrogen functional groups attached to an aromatic ring is 1. The molecule has 40 heavy (non-hydrogen) atoms. The van der Waals surface area contributed by atoms with Gasteiger partial charge in [0.05, 0.1) is 32.2 Å². The number of fused-ring (bicyclic) bond motifs is 2. The Hall–Kier alpha value is -1.91. The number of benzene rings is 3. The van der Waals surface area contributed by atoms with Gasteiger partial charge in [0.1, 0.15) is 11.5 Å². The Labute approximate surface area is 254 Å². The second kappa shape index (κ2) is 14.8. The molecule has 3 aromatic rings. The van der Waals surface area contributed by atoms with E-state index in [1.54, 1.807) is 36.4 Å². The van der Waals surface area contributed by atoms with Gasteiger partial charge in [-0.2, -0.15) is 0 Å². The van der Waals surface area contributed by atoms with Crippen molar-refractivity contribution >= 4 is 60.2 Å². The van der Waals surface area contributed by atoms with Crippen LogP contribution in [0.5, 0.6) is 11.5 Å². The van der Waals surface area contributed by atoms with Crippen LogP contribution in [0.3, 0.4) is 0 Å². The van der Waals surface area contributed by atoms with Crippen LogP contribution in [-0.2, 0) is 9.05 Å². The third-order valence-corrected chi connectivity index (χ3v) is 8.42. The van der Waals surface area contributed by atoms with E-state index in [4.69, 9.17) is 70.9 Å². The molecule has 0 spiro atoms. The molecule has 2 aliphatic heterocycles. The first-order chi connectivity index (χ1) is 18.9. The first-order valence-electron chi connectivity index (χ1n) is 12.5. The highest BCUT2D eigenvalue weighted by Gasteiger charge is 2.28. The van der Waals surface area contributed by atoms with Crippen LogP contribution >= 0.6 is 45.5 Å². The second-order valence-electron chi connectivity index (χ2n) is 9.33. The van der Waals surface area contributed by atoms with E-state index >= 15 is 0 Å². The molecule has 2 aliphatic rings. The lowest BCUT2D eigenvalue weighted by molar-refractivity contribution is 0.193. The van der Waals surface area contributed by atoms with Gasteiger partial charge in [0.15, 0.2) is 0 Å². The van der Waals surface area contributed by atoms with Gasteiger partial charge in [0.2, 0.25) is 9.05 Å². The van der Waals surface area contributed by atoms with Crippen molar-refractivity contribution in [2.75, 3.05) is 37.9 Å². The standard InChI is InChI=1S/C10H11ClO.C9H8Cl2O3S.C9H12ClNO2/c1-2-7-6-12-10-5-8(11)3-4-9(7)10;10-7-1-2-8-6(5-15(11,12)13)4-14-9(8)3-7;10-7-1-2-8(9(11)3-7)6(4-12)5-13/h3-5,7H,2,6H2,1H3;1-3,6H,4-5H2;1-3,6,12-13H,4-5,11H2. The van der Waals surface area contributed by atoms with Crippen LogP contribution in [0.25, 0.3) is 0 Å². The van der Waals surface area contributed by atoms with Gasteiger partial charge in [-0.05, 0) is 48.4 Å². The number of nitrogens with two attached hydrogens (primary N) is 1. The molecule has 0 aliphatic carbocycles. The maximum absolute atomic E-state index is 10.9. The smallest absolute Gasteiger partial charge is 0.233 e. The SMILES string of the molecule is CCC1COc2cc(Cl)ccc21.Nc1cc(Cl)ccc1C(CO)CO.O=S(=O)(Cl)CC1COc2cc(Cl)ccc21. The first kappa shape index (κ1) is 32.6. The molecular weight excluding hydrogens is 620 g/mol. The zero-order valence-corrected chi connectivity index (χ0v) is 25.5. The van der Waals surface area contributed by atoms with Crippen LogP contribution in [0.4, 0.5) is 5.69 Å². The molecule has 0 saturated heterocycles. The predicted molar refractivity (Wildman–Crippen MR) is 162 cm³/mol. The number of rotatable bonds is 6. The summed E-state index contributed by atoms with van der Waals surface area (Å²) in [4.78, 5) is 0. The largest absolute Gasteiger partial charge is 0.493 e. The fourth-order valence-corrected chi connectivity index (χ4v) is 6.11. The normalized spacial score (nSPS) is 17.0. The van der Waals surface area contributed by atoms with Gasteiger partial charge in [-0.1, -0.05) is 59.9 Å². The molecule has 0 amide bonds. The van der Waals surface area contributed by atoms with Crippen molar-refractivity contribution in [1.82, 2.24) is 0 Å². The van der Waals surface area contributed by atoms with Gasteiger partial charge < -0.3 is 25.4 Å². The number of aliphatic hydroxyl groups is 2. The highest BCUT2D eigenvalue weighted by molar-refractivity contribution is 8.13. The van der Waals surface area contributed by atoms with Crippen molar-refractivity contribution in [2.24, 2.45) is 0 Å². The highest BCUT2D eigenvalue weighted by atomic mass is 35.7. The summed E-state index contributed by atoms with van der Waals surface area (Å²) in [5.74, 6) is 1.56. The molecule has 4 N–H and O–H groups in total. The van der Waals surface area contributed by atoms with Gasteiger partial charge >= 0.3 is 0 Å². The van der Waals surface area contributed by atoms with E-state index in [1.807, 2.05) is 12.1 Å². The van der Waals surface area contributed by atoms with Crippen LogP contribution in [0.1, 0.15) is 47.8 Å². The van der Waals surface area contributed by atoms with Crippen molar-refractivity contribution < 1.29 is 28.1 Å². The minimum absolute atomic E-state index is 0.108. The predicted octanol–water partition coefficient (Wildman–Crippen LogP) is 6.60. The Bertz CT molecular complexity index is 1400. The number of halogens is 4. The number of hydrogen-bond acceptors (Lipinski definition) is 7. The molecule has 2 heterocycles. The second-order valence-corrected chi connectivity index (χ2v) is 13.5. The quantitative estimate of drug-likeness (QED) is 0.203. The molecule has 218 valence electrons. The molecule has 0 aromatic heterocycles. The van der Waals surface area contributed by atoms with Gasteiger partial charge in [0.25, 0.3) is 0 Å². The lowest BCUT2D eigenvalue weighted by Crippen LogP contribution is -2.11. The molecule has 0 radical (unpaired) electrons. The molecule has 2 atom stereocenters. The fourth-order valence-electron chi connectivity index (χ4n) is 4.39. The maximum atomic E-state index is 10.9. The fraction of sp³-hybridized carbons (Fsp3) is 0.357. The number of anilines is 1. The van der Waals surface area contributed by atoms with Crippen molar-refractivity contribution in [3.63, 3.8) is 0 Å². The zero-order chi connectivity index (χ0) is 29.4. The summed E-state index contributed by atoms with van der Waals surface area (Å²) in [6.07, 6.45) is 1.13. The summed E-state index contributed by atoms with van der Waals surface area (Å²) in [6, 6.07) is 16.1. The molecule has 12 heteroatoms. The summed E-state index contributed by atoms with van der Waals surface area (Å²) < 4.78 is 32.7. The number of ether oxygens (including phenoxy) is 2. The Morgan fingerprint density at radius 3 is 1.80 bits per heavy atom. The van der Waals surface area contributed by atoms with Crippen LogP contribution < -0.4 is 15.2 Å². The van der Waals surface area contributed by atoms with Gasteiger partial charge in [0, 0.05) is 60.3 Å². The molecule has 3 aromatic carbocycles. The Morgan fingerprint density at radius 2 is 1.32 bits per heavy atom. The number of aliphatic hydroxyl groups excluding tert-OH is 2. The molecule has 7 nitrogen and oxygen atoms in total. The van der Waals surface area contributed by atoms with Crippen molar-refractivity contribution in [1.29, 1.82) is 0 Å². The van der Waals surface area contributed by atoms with Gasteiger partial charge in [-0.3, -0.25) is 0 Å². The van der Waals surface area contributed by atoms with E-state index in [0.717, 1.165) is 34.9 Å². The third-order valence-electron chi connectivity index (χ3n) is 6.53. The molecule has 2 unspecified atom stereocenters. The Kier molecular flexibility index (Phi) is 12.1. The average molecular weight is 651 g/mol. The Morgan fingerprint density at radius 1 is 0.850 bits per heavy atom. The van der Waals surface area contributed by atoms with Crippen LogP contribution in [0.15, 0.2) is 54.6 Å². The highest BCUT2D eigenvalue weighted by Crippen LogP contribution is 2.38. The lowest BCUT2D eigenvalue weighted by Gasteiger charge is -2.13. The van der Waals surface area contributed by atoms with E-state index in [1.165, 1.54) is 5.56 Å². The topological polar surface area (TPSA) is 119 Å². The molecule has 0 saturated carbocycles. The summed E-state index contributed by atoms with van der Waals surface area (Å²) in [6.45, 7) is 3.08. The van der Waals surface area contributed by atoms with Crippen molar-refractivity contribution in [3.8, 4) is 11.5 Å². The van der Waals surface area contributed by atoms with Crippen LogP contribution in [0, 0.1) is 0 Å². The third kappa shape index (κ3) is 9.05. The van der Waals surface area contributed by atoms with Crippen molar-refractivity contribution in [3.05, 3.63) is 86.4 Å². The van der Waals surface area contributed by atoms with Crippen LogP contribution in [0.2, 0.25) is 15.1 Å². The minimum Gasteiger partial charge on any atom is -0.493 e. The monoisotopic (exact) mass is 649 g/mol. The molecule has 0 fully saturated rings. The molecule has 5 rings (SSSR count). The summed E-state index contributed by atoms with van der Waals surface area (Å²) >= 11 is 17.3. The minimum atomic E-state index is -3.50. The summed E-state index contributed by atoms with van der Waals surface area (Å²) in [5, 5.41) is 19.7. The first-order valence-corrected chi connectivity index (χ1v) is 16.1. The lowest BCUT2D eigenvalue weighted by atomic mass is 9.99. The zero-order valence-electron chi connectivity index (χ0n) is 21.7. The van der Waals surface area contributed by atoms with Crippen molar-refractivity contribution in [2.45, 2.75) is 31.1 Å². The van der Waals surface area contributed by atoms with Gasteiger partial charge in [-0.15, -0.1) is 0 Å². The summed E-state index contributed by atoms with van der Waals surface area (Å²) in [5.41, 5.74) is 9.06. The van der Waals surface area contributed by atoms with E-state index < -0.39 is 9.05 Å². The number of hydrogen-bond donors (Lipinski definition) is 3. The maximum Gasteiger partial charge on any atom is 0.233 e. The molecular formula is C28H31Cl4NO6S. The van der Waals surface area contributed by atoms with Crippen LogP contribution in [-0.4, -0.2) is 50.8 Å². The van der Waals surface area contributed by atoms with E-state index in [-0.39, 0.29) is 30.8 Å². The van der Waals surface area contributed by atoms with Gasteiger partial charge in [-0.25, -0.2) is 8.42 Å². The molecule has 0 bridgehead atoms. The Balaban J connectivity index is 0.000000167. The summed E-state index contributed by atoms with van der Waals surface area (Å²) in [7, 11) is 1.70. The average Bonchev–Trinajstić information content (AvgIpc) is 3.48. The van der Waals surface area contributed by atoms with E-state index in [0.29, 0.717) is 34.0 Å². The van der Waals surface area contributed by atoms with E-state index in [9.17, 15) is 8.42 Å². The van der Waals surface area contributed by atoms with E-state index in [2.05, 4.69) is 13.0 Å².